The molecule has 0 atom stereocenters. The van der Waals surface area contributed by atoms with Gasteiger partial charge in [0.2, 0.25) is 0 Å². The zero-order valence-electron chi connectivity index (χ0n) is 22.7. The van der Waals surface area contributed by atoms with E-state index in [-0.39, 0.29) is 11.5 Å². The first-order chi connectivity index (χ1) is 19.5. The number of rotatable bonds is 5. The second-order valence-corrected chi connectivity index (χ2v) is 10.2. The van der Waals surface area contributed by atoms with Gasteiger partial charge in [-0.05, 0) is 67.4 Å². The van der Waals surface area contributed by atoms with Crippen LogP contribution in [0.2, 0.25) is 0 Å². The van der Waals surface area contributed by atoms with E-state index in [0.717, 1.165) is 39.9 Å². The number of pyridine rings is 1. The molecule has 0 bridgehead atoms. The van der Waals surface area contributed by atoms with E-state index in [1.807, 2.05) is 55.1 Å². The number of benzene rings is 3. The molecular formula is C31H29F3N6O. The Kier molecular flexibility index (Phi) is 7.56. The third-order valence-electron chi connectivity index (χ3n) is 7.59. The highest BCUT2D eigenvalue weighted by Crippen LogP contribution is 2.33. The van der Waals surface area contributed by atoms with Gasteiger partial charge < -0.3 is 16.0 Å². The monoisotopic (exact) mass is 558 g/mol. The maximum absolute atomic E-state index is 13.3. The van der Waals surface area contributed by atoms with Gasteiger partial charge in [0.05, 0.1) is 22.3 Å². The number of amides is 1. The number of aryl methyl sites for hydroxylation is 1. The van der Waals surface area contributed by atoms with Crippen LogP contribution < -0.4 is 16.0 Å². The molecule has 41 heavy (non-hydrogen) atoms. The number of nitrogens with two attached hydrogens (primary N) is 1. The van der Waals surface area contributed by atoms with Gasteiger partial charge in [-0.1, -0.05) is 18.2 Å². The molecule has 0 saturated carbocycles. The number of anilines is 3. The Balaban J connectivity index is 1.27. The molecule has 1 aliphatic rings. The van der Waals surface area contributed by atoms with Crippen molar-refractivity contribution in [3.05, 3.63) is 94.2 Å². The Hall–Kier alpha value is -4.62. The minimum Gasteiger partial charge on any atom is -0.398 e. The van der Waals surface area contributed by atoms with E-state index in [4.69, 9.17) is 5.73 Å². The fourth-order valence-electron chi connectivity index (χ4n) is 5.13. The van der Waals surface area contributed by atoms with E-state index in [1.165, 1.54) is 6.07 Å². The summed E-state index contributed by atoms with van der Waals surface area (Å²) >= 11 is 0. The molecule has 0 radical (unpaired) electrons. The van der Waals surface area contributed by atoms with Crippen LogP contribution in [0, 0.1) is 25.2 Å². The molecule has 1 aromatic heterocycles. The quantitative estimate of drug-likeness (QED) is 0.317. The van der Waals surface area contributed by atoms with Crippen LogP contribution in [0.5, 0.6) is 0 Å². The van der Waals surface area contributed by atoms with Crippen molar-refractivity contribution < 1.29 is 18.0 Å². The molecule has 3 N–H and O–H groups in total. The third kappa shape index (κ3) is 5.81. The van der Waals surface area contributed by atoms with Crippen molar-refractivity contribution in [2.75, 3.05) is 42.1 Å². The van der Waals surface area contributed by atoms with E-state index < -0.39 is 11.7 Å². The normalized spacial score (nSPS) is 14.2. The number of hydrogen-bond acceptors (Lipinski definition) is 6. The number of nitrogen functional groups attached to an aromatic ring is 1. The van der Waals surface area contributed by atoms with E-state index in [9.17, 15) is 23.2 Å². The van der Waals surface area contributed by atoms with Crippen molar-refractivity contribution in [3.8, 4) is 6.07 Å². The summed E-state index contributed by atoms with van der Waals surface area (Å²) in [6, 6.07) is 18.1. The van der Waals surface area contributed by atoms with Gasteiger partial charge in [-0.15, -0.1) is 0 Å². The summed E-state index contributed by atoms with van der Waals surface area (Å²) in [5.41, 5.74) is 11.2. The van der Waals surface area contributed by atoms with Crippen LogP contribution >= 0.6 is 0 Å². The van der Waals surface area contributed by atoms with E-state index in [0.29, 0.717) is 55.3 Å². The lowest BCUT2D eigenvalue weighted by Crippen LogP contribution is -2.46. The lowest BCUT2D eigenvalue weighted by Gasteiger charge is -2.36. The maximum atomic E-state index is 13.3. The highest BCUT2D eigenvalue weighted by Gasteiger charge is 2.32. The second-order valence-electron chi connectivity index (χ2n) is 10.2. The zero-order chi connectivity index (χ0) is 29.3. The minimum absolute atomic E-state index is 0.00631. The molecule has 0 spiro atoms. The van der Waals surface area contributed by atoms with Crippen molar-refractivity contribution in [3.63, 3.8) is 0 Å². The number of carbonyl (C=O) groups excluding carboxylic acids is 1. The molecule has 1 amide bonds. The van der Waals surface area contributed by atoms with Crippen LogP contribution in [0.3, 0.4) is 0 Å². The smallest absolute Gasteiger partial charge is 0.398 e. The van der Waals surface area contributed by atoms with Crippen molar-refractivity contribution >= 4 is 33.9 Å². The number of halogens is 3. The number of nitriles is 1. The highest BCUT2D eigenvalue weighted by molar-refractivity contribution is 6.06. The van der Waals surface area contributed by atoms with Gasteiger partial charge in [0.1, 0.15) is 6.07 Å². The largest absolute Gasteiger partial charge is 0.416 e. The highest BCUT2D eigenvalue weighted by atomic mass is 19.4. The summed E-state index contributed by atoms with van der Waals surface area (Å²) in [5, 5.41) is 13.2. The molecule has 3 aromatic carbocycles. The molecule has 0 aliphatic carbocycles. The van der Waals surface area contributed by atoms with Crippen molar-refractivity contribution in [2.24, 2.45) is 0 Å². The summed E-state index contributed by atoms with van der Waals surface area (Å²) in [6.45, 7) is 6.69. The van der Waals surface area contributed by atoms with Gasteiger partial charge >= 0.3 is 6.18 Å². The molecule has 1 fully saturated rings. The number of carbonyl (C=O) groups is 1. The van der Waals surface area contributed by atoms with E-state index in [1.54, 1.807) is 12.1 Å². The Bertz CT molecular complexity index is 1670. The number of nitrogens with one attached hydrogen (secondary N) is 1. The number of hydrogen-bond donors (Lipinski definition) is 2. The summed E-state index contributed by atoms with van der Waals surface area (Å²) in [6.07, 6.45) is -4.50. The predicted molar refractivity (Wildman–Crippen MR) is 154 cm³/mol. The van der Waals surface area contributed by atoms with Crippen LogP contribution in [0.1, 0.15) is 38.3 Å². The van der Waals surface area contributed by atoms with Crippen molar-refractivity contribution in [1.82, 2.24) is 9.88 Å². The topological polar surface area (TPSA) is 98.3 Å². The Labute approximate surface area is 236 Å². The fourth-order valence-corrected chi connectivity index (χ4v) is 5.13. The first-order valence-corrected chi connectivity index (χ1v) is 13.2. The molecule has 0 unspecified atom stereocenters. The van der Waals surface area contributed by atoms with Crippen molar-refractivity contribution in [2.45, 2.75) is 26.6 Å². The molecule has 1 aliphatic heterocycles. The lowest BCUT2D eigenvalue weighted by molar-refractivity contribution is -0.137. The molecule has 10 heteroatoms. The summed E-state index contributed by atoms with van der Waals surface area (Å²) in [7, 11) is 0. The Morgan fingerprint density at radius 2 is 1.78 bits per heavy atom. The van der Waals surface area contributed by atoms with Gasteiger partial charge in [-0.25, -0.2) is 0 Å². The first-order valence-electron chi connectivity index (χ1n) is 13.2. The Morgan fingerprint density at radius 3 is 2.49 bits per heavy atom. The van der Waals surface area contributed by atoms with Crippen LogP contribution in [0.25, 0.3) is 10.9 Å². The summed E-state index contributed by atoms with van der Waals surface area (Å²) in [5.74, 6) is -0.239. The molecule has 210 valence electrons. The first kappa shape index (κ1) is 27.9. The Morgan fingerprint density at radius 1 is 1.05 bits per heavy atom. The van der Waals surface area contributed by atoms with E-state index in [2.05, 4.69) is 15.2 Å². The number of alkyl halides is 3. The van der Waals surface area contributed by atoms with Gasteiger partial charge in [0.25, 0.3) is 5.91 Å². The molecule has 2 heterocycles. The van der Waals surface area contributed by atoms with Gasteiger partial charge in [-0.2, -0.15) is 18.4 Å². The van der Waals surface area contributed by atoms with Crippen LogP contribution in [0.15, 0.2) is 60.7 Å². The van der Waals surface area contributed by atoms with Crippen LogP contribution in [-0.2, 0) is 12.7 Å². The average Bonchev–Trinajstić information content (AvgIpc) is 2.96. The van der Waals surface area contributed by atoms with Crippen LogP contribution in [0.4, 0.5) is 30.2 Å². The SMILES string of the molecule is Cc1nc2ccc(NC(=O)c3ccccc3CN3CCN(c4ccc(C(F)(F)F)cc4C#N)CC3)cc2c(N)c1C. The second kappa shape index (κ2) is 11.1. The molecule has 7 nitrogen and oxygen atoms in total. The molecule has 4 aromatic rings. The molecule has 1 saturated heterocycles. The van der Waals surface area contributed by atoms with Gasteiger partial charge in [-0.3, -0.25) is 14.7 Å². The fraction of sp³-hybridized carbons (Fsp3) is 0.258. The van der Waals surface area contributed by atoms with Gasteiger partial charge in [0.15, 0.2) is 0 Å². The summed E-state index contributed by atoms with van der Waals surface area (Å²) in [4.78, 5) is 22.0. The van der Waals surface area contributed by atoms with Crippen LogP contribution in [-0.4, -0.2) is 42.0 Å². The third-order valence-corrected chi connectivity index (χ3v) is 7.59. The number of piperazine rings is 1. The zero-order valence-corrected chi connectivity index (χ0v) is 22.7. The van der Waals surface area contributed by atoms with Gasteiger partial charge in [0, 0.05) is 60.7 Å². The summed E-state index contributed by atoms with van der Waals surface area (Å²) < 4.78 is 39.3. The van der Waals surface area contributed by atoms with E-state index >= 15 is 0 Å². The number of aromatic nitrogens is 1. The van der Waals surface area contributed by atoms with Crippen molar-refractivity contribution in [1.29, 1.82) is 5.26 Å². The standard InChI is InChI=1S/C31H29F3N6O/c1-19-20(2)37-27-9-8-24(16-26(27)29(19)36)38-30(41)25-6-4-3-5-21(25)18-39-11-13-40(14-12-39)28-10-7-23(31(32,33)34)15-22(28)17-35/h3-10,15-16H,11-14,18H2,1-2H3,(H2,36,37)(H,38,41). The molecule has 5 rings (SSSR count). The number of nitrogens with zero attached hydrogens (tertiary/aromatic N) is 4. The molecular weight excluding hydrogens is 529 g/mol. The average molecular weight is 559 g/mol. The maximum Gasteiger partial charge on any atom is 0.416 e. The number of fused-ring (bicyclic) bond motifs is 1. The minimum atomic E-state index is -4.50. The lowest BCUT2D eigenvalue weighted by atomic mass is 10.0. The predicted octanol–water partition coefficient (Wildman–Crippen LogP) is 5.90.